The summed E-state index contributed by atoms with van der Waals surface area (Å²) in [5.41, 5.74) is -2.53. The summed E-state index contributed by atoms with van der Waals surface area (Å²) < 4.78 is 93.1. The average Bonchev–Trinajstić information content (AvgIpc) is 2.81. The maximum atomic E-state index is 13.7. The van der Waals surface area contributed by atoms with Gasteiger partial charge in [0.2, 0.25) is 5.91 Å². The lowest BCUT2D eigenvalue weighted by molar-refractivity contribution is -0.157. The van der Waals surface area contributed by atoms with Crippen LogP contribution in [0.2, 0.25) is 0 Å². The first-order valence-corrected chi connectivity index (χ1v) is 11.3. The van der Waals surface area contributed by atoms with Crippen LogP contribution in [0, 0.1) is 18.7 Å². The summed E-state index contributed by atoms with van der Waals surface area (Å²) in [6.45, 7) is 0.662. The normalized spacial score (nSPS) is 18.3. The molecule has 3 rings (SSSR count). The molecule has 2 unspecified atom stereocenters. The standard InChI is InChI=1S/C25H23F7N2O4/c1-13-7-17(26)3-4-18(13)20-12-34(22(36)23(37)38)6-5-19(20)21(35)33(2)11-14-8-15(24(27,28)29)10-16(9-14)25(30,31)32/h3-4,7-10,19-20H,5-6,11-12H2,1-2H3,(H,37,38). The number of hydrogen-bond donors (Lipinski definition) is 1. The highest BCUT2D eigenvalue weighted by Gasteiger charge is 2.41. The van der Waals surface area contributed by atoms with E-state index < -0.39 is 71.0 Å². The number of benzene rings is 2. The van der Waals surface area contributed by atoms with Gasteiger partial charge in [0.1, 0.15) is 5.82 Å². The molecule has 2 aromatic rings. The van der Waals surface area contributed by atoms with E-state index in [9.17, 15) is 45.1 Å². The Labute approximate surface area is 212 Å². The highest BCUT2D eigenvalue weighted by Crippen LogP contribution is 2.38. The van der Waals surface area contributed by atoms with E-state index >= 15 is 0 Å². The van der Waals surface area contributed by atoms with E-state index in [2.05, 4.69) is 0 Å². The lowest BCUT2D eigenvalue weighted by atomic mass is 9.78. The van der Waals surface area contributed by atoms with Crippen molar-refractivity contribution in [2.45, 2.75) is 38.2 Å². The number of carboxylic acid groups (broad SMARTS) is 1. The van der Waals surface area contributed by atoms with Crippen LogP contribution in [0.1, 0.15) is 40.2 Å². The van der Waals surface area contributed by atoms with Crippen LogP contribution < -0.4 is 0 Å². The number of halogens is 7. The molecule has 1 aliphatic heterocycles. The Morgan fingerprint density at radius 3 is 2.08 bits per heavy atom. The molecule has 0 spiro atoms. The molecule has 0 bridgehead atoms. The molecule has 6 nitrogen and oxygen atoms in total. The molecular formula is C25H23F7N2O4. The van der Waals surface area contributed by atoms with Crippen LogP contribution in [-0.2, 0) is 33.3 Å². The molecule has 206 valence electrons. The molecule has 0 radical (unpaired) electrons. The molecule has 0 saturated carbocycles. The summed E-state index contributed by atoms with van der Waals surface area (Å²) in [6.07, 6.45) is -10.1. The Morgan fingerprint density at radius 1 is 1.00 bits per heavy atom. The third-order valence-electron chi connectivity index (χ3n) is 6.47. The van der Waals surface area contributed by atoms with E-state index in [1.54, 1.807) is 6.92 Å². The van der Waals surface area contributed by atoms with Crippen LogP contribution in [0.5, 0.6) is 0 Å². The fourth-order valence-corrected chi connectivity index (χ4v) is 4.68. The van der Waals surface area contributed by atoms with Crippen molar-refractivity contribution in [3.8, 4) is 0 Å². The number of carbonyl (C=O) groups is 3. The van der Waals surface area contributed by atoms with Gasteiger partial charge >= 0.3 is 24.2 Å². The predicted molar refractivity (Wildman–Crippen MR) is 119 cm³/mol. The number of amides is 2. The Hall–Kier alpha value is -3.64. The molecule has 13 heteroatoms. The number of nitrogens with zero attached hydrogens (tertiary/aromatic N) is 2. The number of likely N-dealkylation sites (tertiary alicyclic amines) is 1. The van der Waals surface area contributed by atoms with Gasteiger partial charge in [-0.3, -0.25) is 9.59 Å². The topological polar surface area (TPSA) is 77.9 Å². The largest absolute Gasteiger partial charge is 0.474 e. The average molecular weight is 548 g/mol. The quantitative estimate of drug-likeness (QED) is 0.438. The lowest BCUT2D eigenvalue weighted by Gasteiger charge is -2.39. The third-order valence-corrected chi connectivity index (χ3v) is 6.47. The minimum absolute atomic E-state index is 0.00610. The van der Waals surface area contributed by atoms with E-state index in [0.717, 1.165) is 15.9 Å². The number of aliphatic carboxylic acids is 1. The molecule has 2 atom stereocenters. The minimum Gasteiger partial charge on any atom is -0.474 e. The molecule has 1 heterocycles. The van der Waals surface area contributed by atoms with Crippen molar-refractivity contribution in [2.24, 2.45) is 5.92 Å². The van der Waals surface area contributed by atoms with Crippen LogP contribution in [0.4, 0.5) is 30.7 Å². The monoisotopic (exact) mass is 548 g/mol. The fraction of sp³-hybridized carbons (Fsp3) is 0.400. The van der Waals surface area contributed by atoms with E-state index in [1.165, 1.54) is 19.2 Å². The summed E-state index contributed by atoms with van der Waals surface area (Å²) in [5.74, 6) is -5.80. The van der Waals surface area contributed by atoms with Crippen molar-refractivity contribution >= 4 is 17.8 Å². The minimum atomic E-state index is -5.05. The Kier molecular flexibility index (Phi) is 8.08. The number of hydrogen-bond acceptors (Lipinski definition) is 3. The summed E-state index contributed by atoms with van der Waals surface area (Å²) in [6, 6.07) is 4.79. The predicted octanol–water partition coefficient (Wildman–Crippen LogP) is 4.85. The van der Waals surface area contributed by atoms with Crippen molar-refractivity contribution in [1.82, 2.24) is 9.80 Å². The zero-order chi connectivity index (χ0) is 28.6. The van der Waals surface area contributed by atoms with E-state index in [0.29, 0.717) is 23.3 Å². The molecule has 2 amide bonds. The van der Waals surface area contributed by atoms with E-state index in [4.69, 9.17) is 5.11 Å². The highest BCUT2D eigenvalue weighted by molar-refractivity contribution is 6.31. The number of piperidine rings is 1. The molecule has 1 N–H and O–H groups in total. The number of aryl methyl sites for hydroxylation is 1. The Bertz CT molecular complexity index is 1210. The second kappa shape index (κ2) is 10.6. The second-order valence-corrected chi connectivity index (χ2v) is 9.17. The van der Waals surface area contributed by atoms with Crippen molar-refractivity contribution < 1.29 is 50.2 Å². The third kappa shape index (κ3) is 6.43. The van der Waals surface area contributed by atoms with Gasteiger partial charge in [0.05, 0.1) is 11.1 Å². The van der Waals surface area contributed by atoms with Crippen LogP contribution in [0.15, 0.2) is 36.4 Å². The summed E-state index contributed by atoms with van der Waals surface area (Å²) in [5, 5.41) is 9.09. The molecule has 2 aromatic carbocycles. The smallest absolute Gasteiger partial charge is 0.416 e. The first-order chi connectivity index (χ1) is 17.5. The molecule has 0 aromatic heterocycles. The Morgan fingerprint density at radius 2 is 1.58 bits per heavy atom. The molecular weight excluding hydrogens is 525 g/mol. The summed E-state index contributed by atoms with van der Waals surface area (Å²) >= 11 is 0. The van der Waals surface area contributed by atoms with Crippen LogP contribution in [0.3, 0.4) is 0 Å². The van der Waals surface area contributed by atoms with Gasteiger partial charge in [-0.05, 0) is 60.4 Å². The Balaban J connectivity index is 1.93. The second-order valence-electron chi connectivity index (χ2n) is 9.17. The van der Waals surface area contributed by atoms with Gasteiger partial charge in [0.25, 0.3) is 0 Å². The van der Waals surface area contributed by atoms with Gasteiger partial charge in [0, 0.05) is 38.5 Å². The van der Waals surface area contributed by atoms with Gasteiger partial charge in [-0.2, -0.15) is 26.3 Å². The van der Waals surface area contributed by atoms with Gasteiger partial charge in [0.15, 0.2) is 0 Å². The van der Waals surface area contributed by atoms with Crippen molar-refractivity contribution in [3.05, 3.63) is 70.0 Å². The number of rotatable bonds is 4. The first-order valence-electron chi connectivity index (χ1n) is 11.3. The van der Waals surface area contributed by atoms with Crippen molar-refractivity contribution in [2.75, 3.05) is 20.1 Å². The van der Waals surface area contributed by atoms with Crippen LogP contribution in [-0.4, -0.2) is 52.8 Å². The zero-order valence-corrected chi connectivity index (χ0v) is 20.2. The zero-order valence-electron chi connectivity index (χ0n) is 20.2. The van der Waals surface area contributed by atoms with E-state index in [1.807, 2.05) is 0 Å². The van der Waals surface area contributed by atoms with Crippen molar-refractivity contribution in [3.63, 3.8) is 0 Å². The van der Waals surface area contributed by atoms with Crippen LogP contribution >= 0.6 is 0 Å². The number of carbonyl (C=O) groups excluding carboxylic acids is 2. The molecule has 1 aliphatic rings. The fourth-order valence-electron chi connectivity index (χ4n) is 4.68. The van der Waals surface area contributed by atoms with Crippen molar-refractivity contribution in [1.29, 1.82) is 0 Å². The summed E-state index contributed by atoms with van der Waals surface area (Å²) in [7, 11) is 1.22. The molecule has 38 heavy (non-hydrogen) atoms. The number of alkyl halides is 6. The maximum Gasteiger partial charge on any atom is 0.416 e. The SMILES string of the molecule is Cc1cc(F)ccc1C1CN(C(=O)C(=O)O)CCC1C(=O)N(C)Cc1cc(C(F)(F)F)cc(C(F)(F)F)c1. The first kappa shape index (κ1) is 28.9. The van der Waals surface area contributed by atoms with Gasteiger partial charge in [-0.25, -0.2) is 9.18 Å². The van der Waals surface area contributed by atoms with Gasteiger partial charge < -0.3 is 14.9 Å². The number of carboxylic acids is 1. The lowest BCUT2D eigenvalue weighted by Crippen LogP contribution is -2.49. The molecule has 1 saturated heterocycles. The van der Waals surface area contributed by atoms with E-state index in [-0.39, 0.29) is 25.6 Å². The summed E-state index contributed by atoms with van der Waals surface area (Å²) in [4.78, 5) is 38.7. The van der Waals surface area contributed by atoms with Gasteiger partial charge in [-0.15, -0.1) is 0 Å². The highest BCUT2D eigenvalue weighted by atomic mass is 19.4. The van der Waals surface area contributed by atoms with Gasteiger partial charge in [-0.1, -0.05) is 6.07 Å². The van der Waals surface area contributed by atoms with Crippen LogP contribution in [0.25, 0.3) is 0 Å². The molecule has 1 fully saturated rings. The maximum absolute atomic E-state index is 13.7. The molecule has 0 aliphatic carbocycles.